The van der Waals surface area contributed by atoms with E-state index in [9.17, 15) is 9.59 Å². The maximum atomic E-state index is 11.6. The molecule has 0 aliphatic carbocycles. The molecule has 3 rings (SSSR count). The van der Waals surface area contributed by atoms with Crippen molar-refractivity contribution in [3.63, 3.8) is 0 Å². The number of benzene rings is 1. The Balaban J connectivity index is 1.62. The van der Waals surface area contributed by atoms with E-state index in [0.29, 0.717) is 18.2 Å². The topological polar surface area (TPSA) is 130 Å². The lowest BCUT2D eigenvalue weighted by Gasteiger charge is -1.97. The highest BCUT2D eigenvalue weighted by atomic mass is 32.2. The molecule has 1 fully saturated rings. The van der Waals surface area contributed by atoms with Crippen molar-refractivity contribution in [3.8, 4) is 11.5 Å². The number of aliphatic carboxylic acids is 1. The van der Waals surface area contributed by atoms with Gasteiger partial charge in [0.2, 0.25) is 17.7 Å². The van der Waals surface area contributed by atoms with Gasteiger partial charge in [0.15, 0.2) is 5.17 Å². The van der Waals surface area contributed by atoms with Gasteiger partial charge in [-0.05, 0) is 17.7 Å². The van der Waals surface area contributed by atoms with Crippen LogP contribution in [0.15, 0.2) is 38.9 Å². The van der Waals surface area contributed by atoms with E-state index in [1.807, 2.05) is 31.2 Å². The Bertz CT molecular complexity index is 875. The first-order chi connectivity index (χ1) is 12.5. The van der Waals surface area contributed by atoms with Crippen LogP contribution in [-0.2, 0) is 16.0 Å². The van der Waals surface area contributed by atoms with Gasteiger partial charge in [-0.25, -0.2) is 0 Å². The summed E-state index contributed by atoms with van der Waals surface area (Å²) in [5, 5.41) is 26.6. The summed E-state index contributed by atoms with van der Waals surface area (Å²) in [5.41, 5.74) is 1.60. The SMILES string of the molecule is CCc1nnc(-c2ccc(C=NN=C3NC(=O)C(CC(=O)O)S3)cc2)o1. The quantitative estimate of drug-likeness (QED) is 0.582. The van der Waals surface area contributed by atoms with Crippen LogP contribution in [0, 0.1) is 0 Å². The second-order valence-corrected chi connectivity index (χ2v) is 6.51. The van der Waals surface area contributed by atoms with Crippen LogP contribution in [0.25, 0.3) is 11.5 Å². The van der Waals surface area contributed by atoms with E-state index < -0.39 is 11.2 Å². The van der Waals surface area contributed by atoms with Crippen molar-refractivity contribution >= 4 is 35.0 Å². The Hall–Kier alpha value is -3.01. The summed E-state index contributed by atoms with van der Waals surface area (Å²) in [6, 6.07) is 7.30. The zero-order chi connectivity index (χ0) is 18.5. The van der Waals surface area contributed by atoms with Gasteiger partial charge in [-0.2, -0.15) is 5.10 Å². The highest BCUT2D eigenvalue weighted by Crippen LogP contribution is 2.22. The van der Waals surface area contributed by atoms with E-state index in [2.05, 4.69) is 25.7 Å². The Morgan fingerprint density at radius 1 is 1.38 bits per heavy atom. The zero-order valence-corrected chi connectivity index (χ0v) is 14.6. The maximum Gasteiger partial charge on any atom is 0.305 e. The fraction of sp³-hybridized carbons (Fsp3) is 0.250. The minimum absolute atomic E-state index is 0.254. The number of aryl methyl sites for hydroxylation is 1. The first-order valence-electron chi connectivity index (χ1n) is 7.78. The number of nitrogens with one attached hydrogen (secondary N) is 1. The predicted molar refractivity (Wildman–Crippen MR) is 95.9 cm³/mol. The molecule has 2 heterocycles. The summed E-state index contributed by atoms with van der Waals surface area (Å²) in [6.07, 6.45) is 1.95. The molecule has 0 saturated carbocycles. The third-order valence-corrected chi connectivity index (χ3v) is 4.49. The highest BCUT2D eigenvalue weighted by Gasteiger charge is 2.32. The van der Waals surface area contributed by atoms with E-state index >= 15 is 0 Å². The molecule has 26 heavy (non-hydrogen) atoms. The number of hydrogen-bond acceptors (Lipinski definition) is 8. The van der Waals surface area contributed by atoms with Crippen molar-refractivity contribution in [2.24, 2.45) is 10.2 Å². The van der Waals surface area contributed by atoms with Gasteiger partial charge < -0.3 is 14.8 Å². The molecule has 10 heteroatoms. The highest BCUT2D eigenvalue weighted by molar-refractivity contribution is 8.15. The van der Waals surface area contributed by atoms with Gasteiger partial charge in [-0.1, -0.05) is 30.8 Å². The summed E-state index contributed by atoms with van der Waals surface area (Å²) in [4.78, 5) is 22.3. The van der Waals surface area contributed by atoms with E-state index in [4.69, 9.17) is 9.52 Å². The molecule has 0 bridgehead atoms. The molecule has 1 saturated heterocycles. The lowest BCUT2D eigenvalue weighted by Crippen LogP contribution is -2.26. The summed E-state index contributed by atoms with van der Waals surface area (Å²) >= 11 is 1.05. The van der Waals surface area contributed by atoms with Crippen molar-refractivity contribution < 1.29 is 19.1 Å². The summed E-state index contributed by atoms with van der Waals surface area (Å²) in [5.74, 6) is -0.365. The monoisotopic (exact) mass is 373 g/mol. The molecular formula is C16H15N5O4S. The number of amidine groups is 1. The lowest BCUT2D eigenvalue weighted by molar-refractivity contribution is -0.138. The number of carboxylic acids is 1. The molecule has 9 nitrogen and oxygen atoms in total. The van der Waals surface area contributed by atoms with Gasteiger partial charge in [0.05, 0.1) is 12.6 Å². The predicted octanol–water partition coefficient (Wildman–Crippen LogP) is 1.70. The van der Waals surface area contributed by atoms with Crippen molar-refractivity contribution in [1.82, 2.24) is 15.5 Å². The van der Waals surface area contributed by atoms with Crippen molar-refractivity contribution in [3.05, 3.63) is 35.7 Å². The molecule has 2 aromatic rings. The van der Waals surface area contributed by atoms with Gasteiger partial charge in [0.25, 0.3) is 0 Å². The molecule has 1 unspecified atom stereocenters. The van der Waals surface area contributed by atoms with Crippen LogP contribution in [0.5, 0.6) is 0 Å². The lowest BCUT2D eigenvalue weighted by atomic mass is 10.1. The van der Waals surface area contributed by atoms with Crippen LogP contribution in [0.1, 0.15) is 24.8 Å². The Kier molecular flexibility index (Phi) is 5.42. The molecule has 1 aliphatic heterocycles. The number of nitrogens with zero attached hydrogens (tertiary/aromatic N) is 4. The van der Waals surface area contributed by atoms with Crippen molar-refractivity contribution in [1.29, 1.82) is 0 Å². The molecule has 2 N–H and O–H groups in total. The van der Waals surface area contributed by atoms with Crippen LogP contribution in [-0.4, -0.2) is 43.8 Å². The van der Waals surface area contributed by atoms with Gasteiger partial charge in [0, 0.05) is 12.0 Å². The number of rotatable bonds is 6. The summed E-state index contributed by atoms with van der Waals surface area (Å²) in [7, 11) is 0. The fourth-order valence-electron chi connectivity index (χ4n) is 2.12. The summed E-state index contributed by atoms with van der Waals surface area (Å²) in [6.45, 7) is 1.94. The number of hydrogen-bond donors (Lipinski definition) is 2. The van der Waals surface area contributed by atoms with E-state index in [-0.39, 0.29) is 17.5 Å². The summed E-state index contributed by atoms with van der Waals surface area (Å²) < 4.78 is 5.49. The zero-order valence-electron chi connectivity index (χ0n) is 13.7. The molecule has 134 valence electrons. The molecule has 1 amide bonds. The molecular weight excluding hydrogens is 358 g/mol. The Labute approximate surface area is 152 Å². The van der Waals surface area contributed by atoms with Crippen LogP contribution in [0.2, 0.25) is 0 Å². The number of carbonyl (C=O) groups is 2. The van der Waals surface area contributed by atoms with Gasteiger partial charge in [-0.3, -0.25) is 9.59 Å². The molecule has 1 aliphatic rings. The van der Waals surface area contributed by atoms with Crippen molar-refractivity contribution in [2.45, 2.75) is 25.0 Å². The maximum absolute atomic E-state index is 11.6. The van der Waals surface area contributed by atoms with Gasteiger partial charge in [-0.15, -0.1) is 15.3 Å². The average Bonchev–Trinajstić information content (AvgIpc) is 3.22. The van der Waals surface area contributed by atoms with Crippen LogP contribution < -0.4 is 5.32 Å². The van der Waals surface area contributed by atoms with Gasteiger partial charge in [0.1, 0.15) is 5.25 Å². The average molecular weight is 373 g/mol. The minimum atomic E-state index is -1.03. The third-order valence-electron chi connectivity index (χ3n) is 3.42. The Morgan fingerprint density at radius 2 is 2.15 bits per heavy atom. The second-order valence-electron chi connectivity index (χ2n) is 5.32. The minimum Gasteiger partial charge on any atom is -0.481 e. The number of carboxylic acid groups (broad SMARTS) is 1. The normalized spacial score (nSPS) is 18.6. The Morgan fingerprint density at radius 3 is 2.81 bits per heavy atom. The fourth-order valence-corrected chi connectivity index (χ4v) is 3.03. The van der Waals surface area contributed by atoms with Crippen molar-refractivity contribution in [2.75, 3.05) is 0 Å². The number of carbonyl (C=O) groups excluding carboxylic acids is 1. The van der Waals surface area contributed by atoms with E-state index in [1.165, 1.54) is 6.21 Å². The number of amides is 1. The molecule has 1 aromatic heterocycles. The number of aromatic nitrogens is 2. The van der Waals surface area contributed by atoms with Gasteiger partial charge >= 0.3 is 5.97 Å². The first-order valence-corrected chi connectivity index (χ1v) is 8.66. The van der Waals surface area contributed by atoms with E-state index in [0.717, 1.165) is 22.9 Å². The molecule has 0 spiro atoms. The number of thioether (sulfide) groups is 1. The third kappa shape index (κ3) is 4.33. The molecule has 0 radical (unpaired) electrons. The van der Waals surface area contributed by atoms with Crippen LogP contribution in [0.3, 0.4) is 0 Å². The van der Waals surface area contributed by atoms with Crippen LogP contribution >= 0.6 is 11.8 Å². The van der Waals surface area contributed by atoms with E-state index in [1.54, 1.807) is 0 Å². The molecule has 1 atom stereocenters. The van der Waals surface area contributed by atoms with Crippen LogP contribution in [0.4, 0.5) is 0 Å². The standard InChI is InChI=1S/C16H15N5O4S/c1-2-12-19-20-15(25-12)10-5-3-9(4-6-10)8-17-21-16-18-14(24)11(26-16)7-13(22)23/h3-6,8,11H,2,7H2,1H3,(H,22,23)(H,18,21,24). The largest absolute Gasteiger partial charge is 0.481 e. The second kappa shape index (κ2) is 7.91. The smallest absolute Gasteiger partial charge is 0.305 e. The molecule has 1 aromatic carbocycles. The first kappa shape index (κ1) is 17.8.